The second-order valence-electron chi connectivity index (χ2n) is 7.77. The first-order valence-corrected chi connectivity index (χ1v) is 11.4. The Bertz CT molecular complexity index is 1300. The lowest BCUT2D eigenvalue weighted by atomic mass is 9.93. The molecule has 2 aromatic carbocycles. The number of nitro benzene ring substituents is 1. The molecule has 1 aliphatic carbocycles. The number of furan rings is 1. The molecule has 1 amide bonds. The van der Waals surface area contributed by atoms with Gasteiger partial charge in [0.25, 0.3) is 5.91 Å². The number of phenolic OH excluding ortho intramolecular Hbond substituents is 1. The van der Waals surface area contributed by atoms with Crippen LogP contribution in [0.15, 0.2) is 49.5 Å². The first kappa shape index (κ1) is 23.4. The molecule has 0 fully saturated rings. The van der Waals surface area contributed by atoms with Gasteiger partial charge in [0.1, 0.15) is 11.3 Å². The molecule has 0 spiro atoms. The van der Waals surface area contributed by atoms with Crippen molar-refractivity contribution in [2.45, 2.75) is 38.7 Å². The Morgan fingerprint density at radius 2 is 2.03 bits per heavy atom. The molecule has 176 valence electrons. The summed E-state index contributed by atoms with van der Waals surface area (Å²) in [5.74, 6) is -0.363. The quantitative estimate of drug-likeness (QED) is 0.261. The Hall–Kier alpha value is -3.73. The zero-order valence-corrected chi connectivity index (χ0v) is 19.7. The van der Waals surface area contributed by atoms with Gasteiger partial charge in [-0.15, -0.1) is 0 Å². The molecule has 2 N–H and O–H groups in total. The summed E-state index contributed by atoms with van der Waals surface area (Å²) >= 11 is 3.34. The van der Waals surface area contributed by atoms with E-state index in [0.717, 1.165) is 47.0 Å². The number of carbonyl (C=O) groups is 1. The second-order valence-corrected chi connectivity index (χ2v) is 8.68. The lowest BCUT2D eigenvalue weighted by Gasteiger charge is -2.10. The Kier molecular flexibility index (Phi) is 6.92. The van der Waals surface area contributed by atoms with Crippen molar-refractivity contribution in [3.05, 3.63) is 67.4 Å². The summed E-state index contributed by atoms with van der Waals surface area (Å²) < 4.78 is 6.76. The van der Waals surface area contributed by atoms with Crippen molar-refractivity contribution in [1.29, 1.82) is 0 Å². The van der Waals surface area contributed by atoms with Gasteiger partial charge in [0, 0.05) is 21.8 Å². The van der Waals surface area contributed by atoms with Crippen LogP contribution >= 0.6 is 15.9 Å². The Morgan fingerprint density at radius 1 is 1.29 bits per heavy atom. The van der Waals surface area contributed by atoms with Crippen LogP contribution in [0.4, 0.5) is 5.69 Å². The van der Waals surface area contributed by atoms with Crippen molar-refractivity contribution in [3.63, 3.8) is 0 Å². The van der Waals surface area contributed by atoms with Crippen LogP contribution in [0.25, 0.3) is 11.0 Å². The number of hydrazone groups is 1. The fourth-order valence-electron chi connectivity index (χ4n) is 3.73. The molecule has 1 unspecified atom stereocenters. The lowest BCUT2D eigenvalue weighted by molar-refractivity contribution is -0.385. The average Bonchev–Trinajstić information content (AvgIpc) is 3.19. The number of hydrogen-bond donors (Lipinski definition) is 2. The Labute approximate surface area is 202 Å². The molecule has 1 aliphatic rings. The fourth-order valence-corrected chi connectivity index (χ4v) is 3.99. The van der Waals surface area contributed by atoms with Gasteiger partial charge in [0.05, 0.1) is 29.0 Å². The fraction of sp³-hybridized carbons (Fsp3) is 0.261. The van der Waals surface area contributed by atoms with Gasteiger partial charge in [-0.25, -0.2) is 5.43 Å². The Balaban J connectivity index is 1.50. The van der Waals surface area contributed by atoms with Crippen LogP contribution in [0.2, 0.25) is 0 Å². The molecule has 3 aromatic rings. The number of oxime groups is 1. The molecule has 34 heavy (non-hydrogen) atoms. The third kappa shape index (κ3) is 4.93. The Morgan fingerprint density at radius 3 is 2.76 bits per heavy atom. The van der Waals surface area contributed by atoms with Crippen LogP contribution < -0.4 is 5.43 Å². The normalized spacial score (nSPS) is 14.4. The SMILES string of the molecule is CC(ON=Cc1ccc(Br)cc1)C(=O)N/N=C/c1c(O)c([N+](=O)[O-])cc2oc3c(c12)CCCC3. The van der Waals surface area contributed by atoms with Gasteiger partial charge in [-0.3, -0.25) is 14.9 Å². The summed E-state index contributed by atoms with van der Waals surface area (Å²) in [4.78, 5) is 28.2. The number of amides is 1. The van der Waals surface area contributed by atoms with E-state index in [1.165, 1.54) is 25.4 Å². The molecule has 11 heteroatoms. The van der Waals surface area contributed by atoms with Gasteiger partial charge >= 0.3 is 5.69 Å². The molecular weight excluding hydrogens is 508 g/mol. The van der Waals surface area contributed by atoms with Gasteiger partial charge in [-0.05, 0) is 43.9 Å². The molecule has 1 aromatic heterocycles. The number of aryl methyl sites for hydroxylation is 2. The molecule has 0 aliphatic heterocycles. The number of fused-ring (bicyclic) bond motifs is 3. The molecule has 0 saturated heterocycles. The van der Waals surface area contributed by atoms with Crippen molar-refractivity contribution in [2.75, 3.05) is 0 Å². The molecular formula is C23H21BrN4O6. The monoisotopic (exact) mass is 528 g/mol. The predicted molar refractivity (Wildman–Crippen MR) is 129 cm³/mol. The van der Waals surface area contributed by atoms with Crippen molar-refractivity contribution < 1.29 is 24.1 Å². The summed E-state index contributed by atoms with van der Waals surface area (Å²) in [5.41, 5.74) is 3.95. The molecule has 1 atom stereocenters. The van der Waals surface area contributed by atoms with Gasteiger partial charge in [0.2, 0.25) is 11.9 Å². The van der Waals surface area contributed by atoms with Crippen LogP contribution in [0, 0.1) is 10.1 Å². The van der Waals surface area contributed by atoms with Gasteiger partial charge < -0.3 is 14.4 Å². The minimum absolute atomic E-state index is 0.123. The number of nitro groups is 1. The second kappa shape index (κ2) is 10.0. The number of nitrogens with one attached hydrogen (secondary N) is 1. The van der Waals surface area contributed by atoms with E-state index >= 15 is 0 Å². The maximum absolute atomic E-state index is 12.3. The van der Waals surface area contributed by atoms with E-state index in [4.69, 9.17) is 9.25 Å². The van der Waals surface area contributed by atoms with E-state index in [-0.39, 0.29) is 5.56 Å². The number of hydrogen-bond acceptors (Lipinski definition) is 8. The van der Waals surface area contributed by atoms with Crippen LogP contribution in [-0.4, -0.2) is 34.5 Å². The van der Waals surface area contributed by atoms with Crippen molar-refractivity contribution in [1.82, 2.24) is 5.43 Å². The average molecular weight is 529 g/mol. The summed E-state index contributed by atoms with van der Waals surface area (Å²) in [7, 11) is 0. The third-order valence-electron chi connectivity index (χ3n) is 5.46. The topological polar surface area (TPSA) is 140 Å². The highest BCUT2D eigenvalue weighted by molar-refractivity contribution is 9.10. The number of phenols is 1. The first-order chi connectivity index (χ1) is 16.3. The largest absolute Gasteiger partial charge is 0.502 e. The van der Waals surface area contributed by atoms with E-state index in [1.54, 1.807) is 0 Å². The summed E-state index contributed by atoms with van der Waals surface area (Å²) in [6, 6.07) is 8.57. The smallest absolute Gasteiger partial charge is 0.315 e. The van der Waals surface area contributed by atoms with Crippen LogP contribution in [0.1, 0.15) is 42.2 Å². The number of benzene rings is 2. The molecule has 0 radical (unpaired) electrons. The van der Waals surface area contributed by atoms with Crippen LogP contribution in [-0.2, 0) is 22.5 Å². The highest BCUT2D eigenvalue weighted by Gasteiger charge is 2.27. The number of nitrogens with zero attached hydrogens (tertiary/aromatic N) is 3. The zero-order chi connectivity index (χ0) is 24.2. The van der Waals surface area contributed by atoms with E-state index in [9.17, 15) is 20.0 Å². The van der Waals surface area contributed by atoms with Crippen molar-refractivity contribution in [3.8, 4) is 5.75 Å². The minimum atomic E-state index is -0.954. The van der Waals surface area contributed by atoms with Gasteiger partial charge in [-0.2, -0.15) is 5.10 Å². The van der Waals surface area contributed by atoms with E-state index in [1.807, 2.05) is 24.3 Å². The highest BCUT2D eigenvalue weighted by atomic mass is 79.9. The van der Waals surface area contributed by atoms with Crippen molar-refractivity contribution in [2.24, 2.45) is 10.3 Å². The zero-order valence-electron chi connectivity index (χ0n) is 18.2. The van der Waals surface area contributed by atoms with E-state index < -0.39 is 28.4 Å². The summed E-state index contributed by atoms with van der Waals surface area (Å²) in [6.45, 7) is 1.50. The highest BCUT2D eigenvalue weighted by Crippen LogP contribution is 2.41. The van der Waals surface area contributed by atoms with Gasteiger partial charge in [-0.1, -0.05) is 33.2 Å². The molecule has 0 bridgehead atoms. The molecule has 1 heterocycles. The maximum Gasteiger partial charge on any atom is 0.315 e. The van der Waals surface area contributed by atoms with E-state index in [2.05, 4.69) is 31.6 Å². The molecule has 4 rings (SSSR count). The molecule has 0 saturated carbocycles. The number of carbonyl (C=O) groups excluding carboxylic acids is 1. The number of rotatable bonds is 7. The van der Waals surface area contributed by atoms with E-state index in [0.29, 0.717) is 11.0 Å². The minimum Gasteiger partial charge on any atom is -0.502 e. The van der Waals surface area contributed by atoms with Crippen molar-refractivity contribution >= 4 is 50.9 Å². The van der Waals surface area contributed by atoms with Crippen LogP contribution in [0.5, 0.6) is 5.75 Å². The molecule has 10 nitrogen and oxygen atoms in total. The third-order valence-corrected chi connectivity index (χ3v) is 5.99. The van der Waals surface area contributed by atoms with Gasteiger partial charge in [0.15, 0.2) is 0 Å². The summed E-state index contributed by atoms with van der Waals surface area (Å²) in [6.07, 6.45) is 5.06. The predicted octanol–water partition coefficient (Wildman–Crippen LogP) is 4.58. The first-order valence-electron chi connectivity index (χ1n) is 10.6. The number of halogens is 1. The maximum atomic E-state index is 12.3. The number of aromatic hydroxyl groups is 1. The van der Waals surface area contributed by atoms with Crippen LogP contribution in [0.3, 0.4) is 0 Å². The lowest BCUT2D eigenvalue weighted by Crippen LogP contribution is -2.30. The standard InChI is InChI=1S/C23H21BrN4O6/c1-13(34-26-11-14-6-8-15(24)9-7-14)23(30)27-25-12-17-21-16-4-2-3-5-19(16)33-20(21)10-18(22(17)29)28(31)32/h6-13,29H,2-5H2,1H3,(H,27,30)/b25-12+,26-11?. The summed E-state index contributed by atoms with van der Waals surface area (Å²) in [5, 5.41) is 30.2.